The minimum atomic E-state index is -0.871. The van der Waals surface area contributed by atoms with E-state index >= 15 is 0 Å². The molecule has 1 aromatic rings. The van der Waals surface area contributed by atoms with Gasteiger partial charge in [0.05, 0.1) is 18.6 Å². The molecular weight excluding hydrogens is 250 g/mol. The average molecular weight is 267 g/mol. The highest BCUT2D eigenvalue weighted by molar-refractivity contribution is 5.97. The van der Waals surface area contributed by atoms with Crippen LogP contribution in [0.25, 0.3) is 0 Å². The number of nitrogens with one attached hydrogen (secondary N) is 1. The number of anilines is 1. The zero-order valence-electron chi connectivity index (χ0n) is 11.4. The average Bonchev–Trinajstić information content (AvgIpc) is 2.50. The highest BCUT2D eigenvalue weighted by Crippen LogP contribution is 2.36. The van der Waals surface area contributed by atoms with E-state index in [1.165, 1.54) is 0 Å². The predicted octanol–water partition coefficient (Wildman–Crippen LogP) is 3.17. The van der Waals surface area contributed by atoms with Gasteiger partial charge in [-0.1, -0.05) is 31.4 Å². The first-order valence-electron chi connectivity index (χ1n) is 6.89. The second-order valence-corrected chi connectivity index (χ2v) is 5.24. The summed E-state index contributed by atoms with van der Waals surface area (Å²) in [6.07, 6.45) is 4.60. The number of nitrogens with zero attached hydrogens (tertiary/aromatic N) is 2. The third-order valence-corrected chi connectivity index (χ3v) is 3.85. The number of nitriles is 2. The molecule has 4 heteroatoms. The monoisotopic (exact) mass is 267 g/mol. The van der Waals surface area contributed by atoms with E-state index in [0.29, 0.717) is 24.9 Å². The molecule has 1 amide bonds. The molecular formula is C16H17N3O. The fraction of sp³-hybridized carbons (Fsp3) is 0.438. The van der Waals surface area contributed by atoms with Crippen molar-refractivity contribution in [2.24, 2.45) is 5.41 Å². The molecule has 0 aliphatic heterocycles. The number of amides is 1. The van der Waals surface area contributed by atoms with E-state index in [2.05, 4.69) is 17.5 Å². The second-order valence-electron chi connectivity index (χ2n) is 5.24. The number of carbonyl (C=O) groups is 1. The number of hydrogen-bond donors (Lipinski definition) is 1. The Hall–Kier alpha value is -2.33. The quantitative estimate of drug-likeness (QED) is 0.913. The Bertz CT molecular complexity index is 557. The van der Waals surface area contributed by atoms with Gasteiger partial charge in [0.25, 0.3) is 0 Å². The summed E-state index contributed by atoms with van der Waals surface area (Å²) in [7, 11) is 0. The maximum atomic E-state index is 12.3. The first-order valence-corrected chi connectivity index (χ1v) is 6.89. The van der Waals surface area contributed by atoms with Crippen molar-refractivity contribution in [3.63, 3.8) is 0 Å². The number of hydrogen-bond acceptors (Lipinski definition) is 3. The minimum Gasteiger partial charge on any atom is -0.325 e. The van der Waals surface area contributed by atoms with Gasteiger partial charge in [-0.3, -0.25) is 4.79 Å². The lowest BCUT2D eigenvalue weighted by molar-refractivity contribution is -0.124. The predicted molar refractivity (Wildman–Crippen MR) is 75.5 cm³/mol. The molecule has 1 fully saturated rings. The van der Waals surface area contributed by atoms with Gasteiger partial charge >= 0.3 is 0 Å². The van der Waals surface area contributed by atoms with E-state index in [0.717, 1.165) is 24.8 Å². The van der Waals surface area contributed by atoms with Crippen LogP contribution in [0.4, 0.5) is 5.69 Å². The van der Waals surface area contributed by atoms with Crippen LogP contribution in [0.3, 0.4) is 0 Å². The second kappa shape index (κ2) is 6.21. The van der Waals surface area contributed by atoms with Gasteiger partial charge in [0.1, 0.15) is 5.41 Å². The maximum absolute atomic E-state index is 12.3. The van der Waals surface area contributed by atoms with Crippen LogP contribution in [-0.2, 0) is 11.2 Å². The molecule has 0 atom stereocenters. The molecule has 0 radical (unpaired) electrons. The number of carbonyl (C=O) groups excluding carboxylic acids is 1. The Morgan fingerprint density at radius 2 is 1.80 bits per heavy atom. The number of benzene rings is 1. The first-order chi connectivity index (χ1) is 9.70. The Morgan fingerprint density at radius 3 is 2.35 bits per heavy atom. The van der Waals surface area contributed by atoms with Crippen LogP contribution in [-0.4, -0.2) is 5.91 Å². The van der Waals surface area contributed by atoms with Gasteiger partial charge in [-0.2, -0.15) is 10.5 Å². The van der Waals surface area contributed by atoms with Gasteiger partial charge in [-0.15, -0.1) is 0 Å². The smallest absolute Gasteiger partial charge is 0.244 e. The standard InChI is InChI=1S/C16H17N3O/c17-11-8-13-4-6-14(7-5-13)19-15(20)16(12-18)9-2-1-3-10-16/h4-7H,1-3,8-10H2,(H,19,20). The normalized spacial score (nSPS) is 16.7. The molecule has 0 bridgehead atoms. The first kappa shape index (κ1) is 14.1. The van der Waals surface area contributed by atoms with E-state index in [1.54, 1.807) is 12.1 Å². The van der Waals surface area contributed by atoms with E-state index in [-0.39, 0.29) is 5.91 Å². The summed E-state index contributed by atoms with van der Waals surface area (Å²) in [5.41, 5.74) is 0.721. The fourth-order valence-corrected chi connectivity index (χ4v) is 2.59. The molecule has 0 heterocycles. The van der Waals surface area contributed by atoms with Crippen LogP contribution < -0.4 is 5.32 Å². The largest absolute Gasteiger partial charge is 0.325 e. The van der Waals surface area contributed by atoms with Gasteiger partial charge < -0.3 is 5.32 Å². The summed E-state index contributed by atoms with van der Waals surface area (Å²) >= 11 is 0. The molecule has 1 N–H and O–H groups in total. The van der Waals surface area contributed by atoms with Gasteiger partial charge in [0.15, 0.2) is 0 Å². The third kappa shape index (κ3) is 2.97. The fourth-order valence-electron chi connectivity index (χ4n) is 2.59. The molecule has 0 unspecified atom stereocenters. The van der Waals surface area contributed by atoms with Crippen molar-refractivity contribution < 1.29 is 4.79 Å². The highest BCUT2D eigenvalue weighted by Gasteiger charge is 2.39. The molecule has 102 valence electrons. The molecule has 1 aliphatic carbocycles. The molecule has 0 spiro atoms. The molecule has 0 aromatic heterocycles. The lowest BCUT2D eigenvalue weighted by Gasteiger charge is -2.29. The molecule has 1 saturated carbocycles. The molecule has 1 aliphatic rings. The van der Waals surface area contributed by atoms with Crippen molar-refractivity contribution in [3.8, 4) is 12.1 Å². The summed E-state index contributed by atoms with van der Waals surface area (Å²) in [4.78, 5) is 12.3. The van der Waals surface area contributed by atoms with Crippen molar-refractivity contribution in [2.75, 3.05) is 5.32 Å². The zero-order valence-corrected chi connectivity index (χ0v) is 11.4. The van der Waals surface area contributed by atoms with Crippen molar-refractivity contribution in [1.82, 2.24) is 0 Å². The van der Waals surface area contributed by atoms with Crippen LogP contribution >= 0.6 is 0 Å². The third-order valence-electron chi connectivity index (χ3n) is 3.85. The molecule has 2 rings (SSSR count). The van der Waals surface area contributed by atoms with Crippen LogP contribution in [0.15, 0.2) is 24.3 Å². The lowest BCUT2D eigenvalue weighted by atomic mass is 9.74. The van der Waals surface area contributed by atoms with Crippen LogP contribution in [0.2, 0.25) is 0 Å². The van der Waals surface area contributed by atoms with Gasteiger partial charge in [0.2, 0.25) is 5.91 Å². The van der Waals surface area contributed by atoms with E-state index < -0.39 is 5.41 Å². The van der Waals surface area contributed by atoms with Gasteiger partial charge in [-0.05, 0) is 30.5 Å². The Balaban J connectivity index is 2.07. The summed E-state index contributed by atoms with van der Waals surface area (Å²) in [5, 5.41) is 20.8. The Labute approximate surface area is 119 Å². The van der Waals surface area contributed by atoms with E-state index in [9.17, 15) is 10.1 Å². The van der Waals surface area contributed by atoms with Gasteiger partial charge in [0, 0.05) is 5.69 Å². The number of rotatable bonds is 3. The molecule has 4 nitrogen and oxygen atoms in total. The van der Waals surface area contributed by atoms with E-state index in [1.807, 2.05) is 12.1 Å². The minimum absolute atomic E-state index is 0.201. The summed E-state index contributed by atoms with van der Waals surface area (Å²) in [5.74, 6) is -0.201. The maximum Gasteiger partial charge on any atom is 0.244 e. The van der Waals surface area contributed by atoms with E-state index in [4.69, 9.17) is 5.26 Å². The highest BCUT2D eigenvalue weighted by atomic mass is 16.2. The van der Waals surface area contributed by atoms with Gasteiger partial charge in [-0.25, -0.2) is 0 Å². The molecule has 0 saturated heterocycles. The van der Waals surface area contributed by atoms with Crippen LogP contribution in [0.5, 0.6) is 0 Å². The van der Waals surface area contributed by atoms with Crippen LogP contribution in [0.1, 0.15) is 37.7 Å². The Kier molecular flexibility index (Phi) is 4.38. The molecule has 20 heavy (non-hydrogen) atoms. The SMILES string of the molecule is N#CCc1ccc(NC(=O)C2(C#N)CCCCC2)cc1. The van der Waals surface area contributed by atoms with Crippen molar-refractivity contribution in [1.29, 1.82) is 10.5 Å². The summed E-state index contributed by atoms with van der Waals surface area (Å²) < 4.78 is 0. The molecule has 1 aromatic carbocycles. The van der Waals surface area contributed by atoms with Crippen molar-refractivity contribution >= 4 is 11.6 Å². The summed E-state index contributed by atoms with van der Waals surface area (Å²) in [6, 6.07) is 11.5. The summed E-state index contributed by atoms with van der Waals surface area (Å²) in [6.45, 7) is 0. The van der Waals surface area contributed by atoms with Crippen molar-refractivity contribution in [3.05, 3.63) is 29.8 Å². The topological polar surface area (TPSA) is 76.7 Å². The zero-order chi connectivity index (χ0) is 14.4. The lowest BCUT2D eigenvalue weighted by Crippen LogP contribution is -2.36. The van der Waals surface area contributed by atoms with Crippen molar-refractivity contribution in [2.45, 2.75) is 38.5 Å². The Morgan fingerprint density at radius 1 is 1.15 bits per heavy atom. The van der Waals surface area contributed by atoms with Crippen LogP contribution in [0, 0.1) is 28.1 Å².